The van der Waals surface area contributed by atoms with E-state index in [1.54, 1.807) is 4.68 Å². The number of halogens is 1. The van der Waals surface area contributed by atoms with Crippen LogP contribution in [-0.2, 0) is 7.05 Å². The van der Waals surface area contributed by atoms with Gasteiger partial charge in [0.15, 0.2) is 0 Å². The lowest BCUT2D eigenvalue weighted by Gasteiger charge is -2.11. The summed E-state index contributed by atoms with van der Waals surface area (Å²) in [6.07, 6.45) is 3.18. The van der Waals surface area contributed by atoms with Gasteiger partial charge in [-0.3, -0.25) is 9.48 Å². The van der Waals surface area contributed by atoms with Crippen molar-refractivity contribution in [3.05, 3.63) is 17.0 Å². The third-order valence-electron chi connectivity index (χ3n) is 3.76. The number of alkyl halides is 1. The Morgan fingerprint density at radius 3 is 2.72 bits per heavy atom. The zero-order chi connectivity index (χ0) is 13.3. The number of nitrogens with zero attached hydrogens (tertiary/aromatic N) is 2. The van der Waals surface area contributed by atoms with Crippen molar-refractivity contribution < 1.29 is 4.79 Å². The lowest BCUT2D eigenvalue weighted by Crippen LogP contribution is -2.29. The molecule has 0 radical (unpaired) electrons. The minimum atomic E-state index is -0.0175. The van der Waals surface area contributed by atoms with Crippen molar-refractivity contribution in [1.29, 1.82) is 0 Å². The number of nitrogens with one attached hydrogen (secondary N) is 1. The lowest BCUT2D eigenvalue weighted by molar-refractivity contribution is 0.0946. The van der Waals surface area contributed by atoms with Gasteiger partial charge in [0.25, 0.3) is 5.91 Å². The first-order valence-corrected chi connectivity index (χ1v) is 6.85. The summed E-state index contributed by atoms with van der Waals surface area (Å²) in [5, 5.41) is 7.55. The maximum atomic E-state index is 12.1. The molecule has 1 aliphatic rings. The highest BCUT2D eigenvalue weighted by Gasteiger charge is 2.24. The van der Waals surface area contributed by atoms with Crippen LogP contribution in [0.1, 0.15) is 41.0 Å². The Kier molecular flexibility index (Phi) is 3.95. The molecule has 1 heterocycles. The highest BCUT2D eigenvalue weighted by atomic mass is 35.5. The molecule has 1 fully saturated rings. The Morgan fingerprint density at radius 2 is 2.22 bits per heavy atom. The number of hydrogen-bond acceptors (Lipinski definition) is 2. The molecule has 0 aliphatic heterocycles. The van der Waals surface area contributed by atoms with Crippen LogP contribution >= 0.6 is 11.6 Å². The van der Waals surface area contributed by atoms with Crippen LogP contribution in [0, 0.1) is 19.8 Å². The molecule has 5 heteroatoms. The smallest absolute Gasteiger partial charge is 0.255 e. The number of aryl methyl sites for hydroxylation is 2. The minimum absolute atomic E-state index is 0.0175. The van der Waals surface area contributed by atoms with Crippen LogP contribution in [0.2, 0.25) is 0 Å². The normalized spacial score (nSPS) is 23.3. The van der Waals surface area contributed by atoms with Crippen molar-refractivity contribution in [3.8, 4) is 0 Å². The van der Waals surface area contributed by atoms with Gasteiger partial charge >= 0.3 is 0 Å². The number of rotatable bonds is 3. The summed E-state index contributed by atoms with van der Waals surface area (Å²) in [4.78, 5) is 12.1. The van der Waals surface area contributed by atoms with E-state index >= 15 is 0 Å². The van der Waals surface area contributed by atoms with Gasteiger partial charge < -0.3 is 5.32 Å². The third-order valence-corrected chi connectivity index (χ3v) is 4.16. The monoisotopic (exact) mass is 269 g/mol. The second-order valence-electron chi connectivity index (χ2n) is 5.16. The van der Waals surface area contributed by atoms with E-state index in [2.05, 4.69) is 10.4 Å². The van der Waals surface area contributed by atoms with Crippen molar-refractivity contribution in [3.63, 3.8) is 0 Å². The second kappa shape index (κ2) is 5.31. The van der Waals surface area contributed by atoms with Crippen molar-refractivity contribution in [2.75, 3.05) is 6.54 Å². The highest BCUT2D eigenvalue weighted by Crippen LogP contribution is 2.28. The van der Waals surface area contributed by atoms with Crippen LogP contribution in [0.4, 0.5) is 0 Å². The van der Waals surface area contributed by atoms with Gasteiger partial charge in [-0.2, -0.15) is 5.10 Å². The Morgan fingerprint density at radius 1 is 1.50 bits per heavy atom. The fraction of sp³-hybridized carbons (Fsp3) is 0.692. The van der Waals surface area contributed by atoms with Gasteiger partial charge in [-0.1, -0.05) is 0 Å². The van der Waals surface area contributed by atoms with Crippen molar-refractivity contribution in [2.45, 2.75) is 38.5 Å². The van der Waals surface area contributed by atoms with Crippen molar-refractivity contribution in [1.82, 2.24) is 15.1 Å². The van der Waals surface area contributed by atoms with E-state index in [4.69, 9.17) is 11.6 Å². The molecule has 0 saturated heterocycles. The first-order chi connectivity index (χ1) is 8.49. The molecule has 4 nitrogen and oxygen atoms in total. The number of amides is 1. The minimum Gasteiger partial charge on any atom is -0.352 e. The average Bonchev–Trinajstić information content (AvgIpc) is 2.82. The summed E-state index contributed by atoms with van der Waals surface area (Å²) in [6.45, 7) is 4.50. The molecule has 1 aromatic rings. The molecule has 0 spiro atoms. The third kappa shape index (κ3) is 2.69. The molecule has 1 amide bonds. The highest BCUT2D eigenvalue weighted by molar-refractivity contribution is 6.20. The van der Waals surface area contributed by atoms with E-state index in [1.807, 2.05) is 20.9 Å². The van der Waals surface area contributed by atoms with Crippen LogP contribution in [0.25, 0.3) is 0 Å². The van der Waals surface area contributed by atoms with E-state index in [9.17, 15) is 4.79 Å². The Balaban J connectivity index is 1.95. The van der Waals surface area contributed by atoms with Crippen molar-refractivity contribution >= 4 is 17.5 Å². The maximum Gasteiger partial charge on any atom is 0.255 e. The molecule has 0 bridgehead atoms. The van der Waals surface area contributed by atoms with E-state index in [0.29, 0.717) is 11.5 Å². The predicted octanol–water partition coefficient (Wildman–Crippen LogP) is 2.17. The van der Waals surface area contributed by atoms with E-state index < -0.39 is 0 Å². The van der Waals surface area contributed by atoms with Crippen LogP contribution in [0.3, 0.4) is 0 Å². The number of aromatic nitrogens is 2. The number of carbonyl (C=O) groups excluding carboxylic acids is 1. The molecule has 1 aromatic heterocycles. The zero-order valence-corrected chi connectivity index (χ0v) is 11.9. The average molecular weight is 270 g/mol. The Bertz CT molecular complexity index is 455. The van der Waals surface area contributed by atoms with Crippen LogP contribution in [0.15, 0.2) is 0 Å². The van der Waals surface area contributed by atoms with Crippen LogP contribution in [-0.4, -0.2) is 27.6 Å². The summed E-state index contributed by atoms with van der Waals surface area (Å²) >= 11 is 6.07. The molecule has 2 unspecified atom stereocenters. The fourth-order valence-corrected chi connectivity index (χ4v) is 3.00. The standard InChI is InChI=1S/C13H20ClN3O/c1-8-12(9(2)17(3)16-8)13(18)15-7-10-4-5-11(14)6-10/h10-11H,4-7H2,1-3H3,(H,15,18). The van der Waals surface area contributed by atoms with E-state index in [0.717, 1.165) is 37.2 Å². The van der Waals surface area contributed by atoms with Gasteiger partial charge in [-0.05, 0) is 39.0 Å². The first-order valence-electron chi connectivity index (χ1n) is 6.41. The number of hydrogen-bond donors (Lipinski definition) is 1. The predicted molar refractivity (Wildman–Crippen MR) is 72.0 cm³/mol. The first kappa shape index (κ1) is 13.4. The topological polar surface area (TPSA) is 46.9 Å². The summed E-state index contributed by atoms with van der Waals surface area (Å²) in [5.41, 5.74) is 2.40. The molecular weight excluding hydrogens is 250 g/mol. The van der Waals surface area contributed by atoms with Gasteiger partial charge in [0, 0.05) is 24.7 Å². The summed E-state index contributed by atoms with van der Waals surface area (Å²) < 4.78 is 1.74. The lowest BCUT2D eigenvalue weighted by atomic mass is 10.1. The van der Waals surface area contributed by atoms with E-state index in [1.165, 1.54) is 0 Å². The quantitative estimate of drug-likeness (QED) is 0.855. The Hall–Kier alpha value is -1.03. The molecule has 1 saturated carbocycles. The van der Waals surface area contributed by atoms with Gasteiger partial charge in [0.1, 0.15) is 0 Å². The molecule has 1 aliphatic carbocycles. The summed E-state index contributed by atoms with van der Waals surface area (Å²) in [6, 6.07) is 0. The summed E-state index contributed by atoms with van der Waals surface area (Å²) in [7, 11) is 1.86. The largest absolute Gasteiger partial charge is 0.352 e. The van der Waals surface area contributed by atoms with Gasteiger partial charge in [-0.15, -0.1) is 11.6 Å². The number of carbonyl (C=O) groups is 1. The molecule has 18 heavy (non-hydrogen) atoms. The molecule has 1 N–H and O–H groups in total. The van der Waals surface area contributed by atoms with Crippen LogP contribution in [0.5, 0.6) is 0 Å². The molecular formula is C13H20ClN3O. The van der Waals surface area contributed by atoms with Crippen LogP contribution < -0.4 is 5.32 Å². The maximum absolute atomic E-state index is 12.1. The van der Waals surface area contributed by atoms with Crippen molar-refractivity contribution in [2.24, 2.45) is 13.0 Å². The molecule has 2 atom stereocenters. The SMILES string of the molecule is Cc1nn(C)c(C)c1C(=O)NCC1CCC(Cl)C1. The zero-order valence-electron chi connectivity index (χ0n) is 11.2. The summed E-state index contributed by atoms with van der Waals surface area (Å²) in [5.74, 6) is 0.504. The Labute approximate surface area is 113 Å². The van der Waals surface area contributed by atoms with Gasteiger partial charge in [0.05, 0.1) is 11.3 Å². The molecule has 100 valence electrons. The van der Waals surface area contributed by atoms with E-state index in [-0.39, 0.29) is 11.3 Å². The van der Waals surface area contributed by atoms with Gasteiger partial charge in [0.2, 0.25) is 0 Å². The van der Waals surface area contributed by atoms with Gasteiger partial charge in [-0.25, -0.2) is 0 Å². The molecule has 2 rings (SSSR count). The molecule has 0 aromatic carbocycles. The second-order valence-corrected chi connectivity index (χ2v) is 5.77. The fourth-order valence-electron chi connectivity index (χ4n) is 2.63.